The summed E-state index contributed by atoms with van der Waals surface area (Å²) in [5, 5.41) is 0. The number of aryl methyl sites for hydroxylation is 1. The van der Waals surface area contributed by atoms with Crippen LogP contribution in [-0.4, -0.2) is 15.0 Å². The largest absolute Gasteiger partial charge is 0.297 e. The fraction of sp³-hybridized carbons (Fsp3) is 0.500. The van der Waals surface area contributed by atoms with Crippen molar-refractivity contribution in [1.29, 1.82) is 0 Å². The Morgan fingerprint density at radius 1 is 1.25 bits per heavy atom. The molecule has 0 unspecified atom stereocenters. The fourth-order valence-electron chi connectivity index (χ4n) is 1.33. The van der Waals surface area contributed by atoms with E-state index in [-0.39, 0.29) is 17.4 Å². The molecule has 0 atom stereocenters. The topological polar surface area (TPSA) is 43.4 Å². The van der Waals surface area contributed by atoms with Crippen molar-refractivity contribution in [2.45, 2.75) is 32.1 Å². The van der Waals surface area contributed by atoms with E-state index in [0.29, 0.717) is 6.42 Å². The molecule has 0 aliphatic rings. The van der Waals surface area contributed by atoms with Gasteiger partial charge < -0.3 is 0 Å². The summed E-state index contributed by atoms with van der Waals surface area (Å²) >= 11 is 0. The van der Waals surface area contributed by atoms with Gasteiger partial charge in [0, 0.05) is 0 Å². The van der Waals surface area contributed by atoms with Crippen LogP contribution in [0.15, 0.2) is 29.2 Å². The molecule has 1 rings (SSSR count). The highest BCUT2D eigenvalue weighted by atomic mass is 32.2. The molecular weight excluding hydrogens is 224 g/mol. The molecule has 0 spiro atoms. The maximum absolute atomic E-state index is 11.9. The normalized spacial score (nSPS) is 12.0. The van der Waals surface area contributed by atoms with Crippen LogP contribution in [0.4, 0.5) is 0 Å². The molecule has 0 aliphatic heterocycles. The quantitative estimate of drug-likeness (QED) is 0.745. The highest BCUT2D eigenvalue weighted by Gasteiger charge is 2.18. The predicted octanol–water partition coefficient (Wildman–Crippen LogP) is 2.61. The summed E-state index contributed by atoms with van der Waals surface area (Å²) in [6.07, 6.45) is 0.681. The van der Waals surface area contributed by atoms with E-state index in [4.69, 9.17) is 4.18 Å². The Balaban J connectivity index is 2.98. The van der Waals surface area contributed by atoms with Crippen molar-refractivity contribution in [1.82, 2.24) is 0 Å². The molecule has 1 aromatic rings. The monoisotopic (exact) mass is 242 g/mol. The molecule has 0 amide bonds. The summed E-state index contributed by atoms with van der Waals surface area (Å²) in [5.41, 5.74) is 0.797. The average molecular weight is 242 g/mol. The highest BCUT2D eigenvalue weighted by molar-refractivity contribution is 7.86. The Hall–Kier alpha value is -0.870. The molecule has 3 nitrogen and oxygen atoms in total. The Morgan fingerprint density at radius 2 is 1.88 bits per heavy atom. The van der Waals surface area contributed by atoms with Gasteiger partial charge in [0.05, 0.1) is 11.5 Å². The zero-order valence-corrected chi connectivity index (χ0v) is 10.8. The van der Waals surface area contributed by atoms with E-state index in [9.17, 15) is 8.42 Å². The van der Waals surface area contributed by atoms with E-state index in [1.165, 1.54) is 0 Å². The molecule has 0 saturated heterocycles. The van der Waals surface area contributed by atoms with Gasteiger partial charge in [0.2, 0.25) is 0 Å². The first-order chi connectivity index (χ1) is 7.47. The predicted molar refractivity (Wildman–Crippen MR) is 63.8 cm³/mol. The van der Waals surface area contributed by atoms with E-state index in [1.54, 1.807) is 12.1 Å². The van der Waals surface area contributed by atoms with Crippen molar-refractivity contribution in [3.05, 3.63) is 29.8 Å². The standard InChI is InChI=1S/C12H18O3S/c1-4-11-7-5-6-8-12(11)16(13,14)15-9-10(2)3/h5-8,10H,4,9H2,1-3H3. The summed E-state index contributed by atoms with van der Waals surface area (Å²) in [4.78, 5) is 0.290. The van der Waals surface area contributed by atoms with Crippen LogP contribution in [0.25, 0.3) is 0 Å². The first-order valence-electron chi connectivity index (χ1n) is 5.44. The van der Waals surface area contributed by atoms with Gasteiger partial charge >= 0.3 is 0 Å². The van der Waals surface area contributed by atoms with Gasteiger partial charge in [-0.25, -0.2) is 0 Å². The van der Waals surface area contributed by atoms with E-state index in [0.717, 1.165) is 5.56 Å². The molecule has 0 aromatic heterocycles. The number of benzene rings is 1. The lowest BCUT2D eigenvalue weighted by atomic mass is 10.2. The van der Waals surface area contributed by atoms with Crippen LogP contribution in [0.2, 0.25) is 0 Å². The summed E-state index contributed by atoms with van der Waals surface area (Å²) in [7, 11) is -3.60. The van der Waals surface area contributed by atoms with Crippen LogP contribution in [-0.2, 0) is 20.7 Å². The lowest BCUT2D eigenvalue weighted by Gasteiger charge is -2.10. The lowest BCUT2D eigenvalue weighted by molar-refractivity contribution is 0.275. The van der Waals surface area contributed by atoms with E-state index in [1.807, 2.05) is 32.9 Å². The van der Waals surface area contributed by atoms with E-state index < -0.39 is 10.1 Å². The summed E-state index contributed by atoms with van der Waals surface area (Å²) < 4.78 is 28.8. The smallest absolute Gasteiger partial charge is 0.266 e. The van der Waals surface area contributed by atoms with Crippen molar-refractivity contribution >= 4 is 10.1 Å². The minimum absolute atomic E-state index is 0.198. The second-order valence-corrected chi connectivity index (χ2v) is 5.68. The van der Waals surface area contributed by atoms with Crippen LogP contribution in [0.3, 0.4) is 0 Å². The molecule has 0 saturated carbocycles. The molecule has 0 radical (unpaired) electrons. The third-order valence-corrected chi connectivity index (χ3v) is 3.56. The molecule has 0 heterocycles. The van der Waals surface area contributed by atoms with Gasteiger partial charge in [0.15, 0.2) is 0 Å². The molecule has 0 bridgehead atoms. The van der Waals surface area contributed by atoms with Crippen LogP contribution >= 0.6 is 0 Å². The first kappa shape index (κ1) is 13.2. The lowest BCUT2D eigenvalue weighted by Crippen LogP contribution is -2.12. The Labute approximate surface area is 97.6 Å². The molecule has 0 fully saturated rings. The number of hydrogen-bond donors (Lipinski definition) is 0. The summed E-state index contributed by atoms with van der Waals surface area (Å²) in [5.74, 6) is 0.198. The van der Waals surface area contributed by atoms with E-state index >= 15 is 0 Å². The second-order valence-electron chi connectivity index (χ2n) is 4.09. The van der Waals surface area contributed by atoms with Gasteiger partial charge in [-0.05, 0) is 24.0 Å². The zero-order valence-electron chi connectivity index (χ0n) is 9.93. The van der Waals surface area contributed by atoms with Gasteiger partial charge in [-0.3, -0.25) is 4.18 Å². The SMILES string of the molecule is CCc1ccccc1S(=O)(=O)OCC(C)C. The van der Waals surface area contributed by atoms with Crippen molar-refractivity contribution in [2.75, 3.05) is 6.61 Å². The maximum atomic E-state index is 11.9. The van der Waals surface area contributed by atoms with Gasteiger partial charge in [-0.15, -0.1) is 0 Å². The van der Waals surface area contributed by atoms with E-state index in [2.05, 4.69) is 0 Å². The van der Waals surface area contributed by atoms with Gasteiger partial charge in [-0.2, -0.15) is 8.42 Å². The van der Waals surface area contributed by atoms with Crippen LogP contribution < -0.4 is 0 Å². The molecule has 0 N–H and O–H groups in total. The van der Waals surface area contributed by atoms with Crippen molar-refractivity contribution in [3.63, 3.8) is 0 Å². The Morgan fingerprint density at radius 3 is 2.44 bits per heavy atom. The molecule has 90 valence electrons. The second kappa shape index (κ2) is 5.46. The third-order valence-electron chi connectivity index (χ3n) is 2.18. The van der Waals surface area contributed by atoms with Gasteiger partial charge in [-0.1, -0.05) is 39.0 Å². The van der Waals surface area contributed by atoms with Crippen molar-refractivity contribution in [3.8, 4) is 0 Å². The minimum Gasteiger partial charge on any atom is -0.266 e. The van der Waals surface area contributed by atoms with Crippen LogP contribution in [0.5, 0.6) is 0 Å². The highest BCUT2D eigenvalue weighted by Crippen LogP contribution is 2.18. The molecule has 16 heavy (non-hydrogen) atoms. The van der Waals surface area contributed by atoms with Crippen molar-refractivity contribution in [2.24, 2.45) is 5.92 Å². The Kier molecular flexibility index (Phi) is 4.50. The van der Waals surface area contributed by atoms with Gasteiger partial charge in [0.25, 0.3) is 10.1 Å². The van der Waals surface area contributed by atoms with Crippen molar-refractivity contribution < 1.29 is 12.6 Å². The summed E-state index contributed by atoms with van der Waals surface area (Å²) in [6.45, 7) is 5.99. The molecule has 0 aliphatic carbocycles. The minimum atomic E-state index is -3.60. The van der Waals surface area contributed by atoms with Gasteiger partial charge in [0.1, 0.15) is 0 Å². The molecule has 4 heteroatoms. The van der Waals surface area contributed by atoms with Crippen LogP contribution in [0, 0.1) is 5.92 Å². The molecule has 1 aromatic carbocycles. The zero-order chi connectivity index (χ0) is 12.2. The fourth-order valence-corrected chi connectivity index (χ4v) is 2.69. The number of rotatable bonds is 5. The summed E-state index contributed by atoms with van der Waals surface area (Å²) in [6, 6.07) is 6.95. The average Bonchev–Trinajstić information content (AvgIpc) is 2.26. The number of hydrogen-bond acceptors (Lipinski definition) is 3. The molecular formula is C12H18O3S. The first-order valence-corrected chi connectivity index (χ1v) is 6.85. The Bertz CT molecular complexity index is 435. The van der Waals surface area contributed by atoms with Crippen LogP contribution in [0.1, 0.15) is 26.3 Å². The third kappa shape index (κ3) is 3.32. The maximum Gasteiger partial charge on any atom is 0.297 e.